The van der Waals surface area contributed by atoms with Gasteiger partial charge in [-0.1, -0.05) is 0 Å². The van der Waals surface area contributed by atoms with Crippen molar-refractivity contribution in [2.45, 2.75) is 6.92 Å². The van der Waals surface area contributed by atoms with E-state index in [1.165, 1.54) is 17.9 Å². The van der Waals surface area contributed by atoms with Gasteiger partial charge >= 0.3 is 0 Å². The molecule has 13 heavy (non-hydrogen) atoms. The number of H-pyrrole nitrogens is 1. The molecule has 0 aromatic carbocycles. The standard InChI is InChI=1S/C8H7N3OS/c1-5-7(6-2-3-13-11-6)9-4-10-8(5)12/h2-4H,1H3,(H,9,10,12). The zero-order valence-electron chi connectivity index (χ0n) is 6.94. The van der Waals surface area contributed by atoms with E-state index in [0.29, 0.717) is 11.3 Å². The normalized spacial score (nSPS) is 10.2. The van der Waals surface area contributed by atoms with Gasteiger partial charge in [0.2, 0.25) is 0 Å². The summed E-state index contributed by atoms with van der Waals surface area (Å²) >= 11 is 1.35. The third-order valence-electron chi connectivity index (χ3n) is 1.77. The maximum atomic E-state index is 11.2. The molecule has 2 heterocycles. The maximum Gasteiger partial charge on any atom is 0.254 e. The first kappa shape index (κ1) is 8.12. The van der Waals surface area contributed by atoms with Gasteiger partial charge in [-0.15, -0.1) is 0 Å². The van der Waals surface area contributed by atoms with Crippen molar-refractivity contribution in [2.24, 2.45) is 0 Å². The molecule has 0 aliphatic rings. The number of nitrogens with one attached hydrogen (secondary N) is 1. The highest BCUT2D eigenvalue weighted by molar-refractivity contribution is 7.03. The molecule has 0 bridgehead atoms. The minimum atomic E-state index is -0.113. The molecular weight excluding hydrogens is 186 g/mol. The molecule has 0 saturated carbocycles. The van der Waals surface area contributed by atoms with Gasteiger partial charge in [-0.25, -0.2) is 4.98 Å². The van der Waals surface area contributed by atoms with Crippen molar-refractivity contribution < 1.29 is 0 Å². The van der Waals surface area contributed by atoms with Crippen LogP contribution in [0, 0.1) is 6.92 Å². The van der Waals surface area contributed by atoms with E-state index in [1.54, 1.807) is 6.92 Å². The molecule has 5 heteroatoms. The van der Waals surface area contributed by atoms with Gasteiger partial charge in [0, 0.05) is 10.9 Å². The van der Waals surface area contributed by atoms with Gasteiger partial charge in [0.15, 0.2) is 0 Å². The van der Waals surface area contributed by atoms with Gasteiger partial charge in [-0.3, -0.25) is 4.79 Å². The predicted molar refractivity (Wildman–Crippen MR) is 50.7 cm³/mol. The topological polar surface area (TPSA) is 58.6 Å². The van der Waals surface area contributed by atoms with Crippen LogP contribution in [0.5, 0.6) is 0 Å². The number of rotatable bonds is 1. The van der Waals surface area contributed by atoms with E-state index in [1.807, 2.05) is 11.4 Å². The third kappa shape index (κ3) is 1.38. The lowest BCUT2D eigenvalue weighted by Gasteiger charge is -1.97. The molecule has 2 aromatic rings. The smallest absolute Gasteiger partial charge is 0.254 e. The fourth-order valence-corrected chi connectivity index (χ4v) is 1.57. The van der Waals surface area contributed by atoms with Crippen LogP contribution in [-0.2, 0) is 0 Å². The van der Waals surface area contributed by atoms with E-state index in [9.17, 15) is 4.79 Å². The van der Waals surface area contributed by atoms with E-state index < -0.39 is 0 Å². The molecule has 0 fully saturated rings. The average molecular weight is 193 g/mol. The van der Waals surface area contributed by atoms with Crippen molar-refractivity contribution in [3.63, 3.8) is 0 Å². The summed E-state index contributed by atoms with van der Waals surface area (Å²) in [5.41, 5.74) is 1.91. The monoisotopic (exact) mass is 193 g/mol. The Bertz CT molecular complexity index is 460. The van der Waals surface area contributed by atoms with Crippen LogP contribution in [0.25, 0.3) is 11.4 Å². The van der Waals surface area contributed by atoms with E-state index in [0.717, 1.165) is 5.69 Å². The van der Waals surface area contributed by atoms with E-state index in [4.69, 9.17) is 0 Å². The summed E-state index contributed by atoms with van der Waals surface area (Å²) in [5, 5.41) is 1.86. The lowest BCUT2D eigenvalue weighted by atomic mass is 10.2. The zero-order chi connectivity index (χ0) is 9.26. The fourth-order valence-electron chi connectivity index (χ4n) is 1.06. The second kappa shape index (κ2) is 3.10. The molecule has 0 saturated heterocycles. The van der Waals surface area contributed by atoms with Gasteiger partial charge in [-0.2, -0.15) is 4.37 Å². The molecule has 4 nitrogen and oxygen atoms in total. The van der Waals surface area contributed by atoms with Gasteiger partial charge in [0.05, 0.1) is 12.0 Å². The first-order valence-corrected chi connectivity index (χ1v) is 4.58. The minimum absolute atomic E-state index is 0.113. The molecule has 0 aliphatic heterocycles. The molecule has 0 spiro atoms. The molecule has 0 aliphatic carbocycles. The van der Waals surface area contributed by atoms with Crippen LogP contribution in [0.4, 0.5) is 0 Å². The average Bonchev–Trinajstić information content (AvgIpc) is 2.62. The lowest BCUT2D eigenvalue weighted by Crippen LogP contribution is -2.11. The zero-order valence-corrected chi connectivity index (χ0v) is 7.76. The highest BCUT2D eigenvalue weighted by Crippen LogP contribution is 2.16. The Balaban J connectivity index is 2.66. The second-order valence-electron chi connectivity index (χ2n) is 2.59. The van der Waals surface area contributed by atoms with Crippen LogP contribution in [-0.4, -0.2) is 14.3 Å². The number of aromatic amines is 1. The van der Waals surface area contributed by atoms with Crippen LogP contribution >= 0.6 is 11.5 Å². The van der Waals surface area contributed by atoms with Crippen LogP contribution in [0.15, 0.2) is 22.6 Å². The molecule has 0 radical (unpaired) electrons. The number of hydrogen-bond donors (Lipinski definition) is 1. The number of nitrogens with zero attached hydrogens (tertiary/aromatic N) is 2. The SMILES string of the molecule is Cc1c(-c2ccsn2)nc[nH]c1=O. The quantitative estimate of drug-likeness (QED) is 0.740. The molecule has 0 amide bonds. The first-order valence-electron chi connectivity index (χ1n) is 3.74. The molecule has 66 valence electrons. The summed E-state index contributed by atoms with van der Waals surface area (Å²) in [7, 11) is 0. The molecular formula is C8H7N3OS. The summed E-state index contributed by atoms with van der Waals surface area (Å²) in [6.45, 7) is 1.74. The largest absolute Gasteiger partial charge is 0.313 e. The van der Waals surface area contributed by atoms with Gasteiger partial charge < -0.3 is 4.98 Å². The summed E-state index contributed by atoms with van der Waals surface area (Å²) in [6.07, 6.45) is 1.39. The maximum absolute atomic E-state index is 11.2. The number of aromatic nitrogens is 3. The van der Waals surface area contributed by atoms with Gasteiger partial charge in [-0.05, 0) is 24.5 Å². The highest BCUT2D eigenvalue weighted by atomic mass is 32.1. The number of hydrogen-bond acceptors (Lipinski definition) is 4. The Labute approximate surface area is 78.5 Å². The summed E-state index contributed by atoms with van der Waals surface area (Å²) in [4.78, 5) is 17.8. The Morgan fingerprint density at radius 3 is 3.08 bits per heavy atom. The first-order chi connectivity index (χ1) is 6.29. The summed E-state index contributed by atoms with van der Waals surface area (Å²) in [6, 6.07) is 1.85. The van der Waals surface area contributed by atoms with Crippen molar-refractivity contribution in [3.8, 4) is 11.4 Å². The van der Waals surface area contributed by atoms with Crippen LogP contribution < -0.4 is 5.56 Å². The molecule has 1 N–H and O–H groups in total. The minimum Gasteiger partial charge on any atom is -0.313 e. The Morgan fingerprint density at radius 1 is 1.54 bits per heavy atom. The molecule has 2 aromatic heterocycles. The molecule has 0 atom stereocenters. The second-order valence-corrected chi connectivity index (χ2v) is 3.26. The van der Waals surface area contributed by atoms with Gasteiger partial charge in [0.1, 0.15) is 5.69 Å². The fraction of sp³-hybridized carbons (Fsp3) is 0.125. The van der Waals surface area contributed by atoms with Crippen LogP contribution in [0.3, 0.4) is 0 Å². The lowest BCUT2D eigenvalue weighted by molar-refractivity contribution is 1.08. The van der Waals surface area contributed by atoms with E-state index in [2.05, 4.69) is 14.3 Å². The van der Waals surface area contributed by atoms with Crippen LogP contribution in [0.2, 0.25) is 0 Å². The van der Waals surface area contributed by atoms with Crippen molar-refractivity contribution in [1.29, 1.82) is 0 Å². The molecule has 0 unspecified atom stereocenters. The molecule has 2 rings (SSSR count). The van der Waals surface area contributed by atoms with Crippen molar-refractivity contribution in [1.82, 2.24) is 14.3 Å². The van der Waals surface area contributed by atoms with Crippen LogP contribution in [0.1, 0.15) is 5.56 Å². The highest BCUT2D eigenvalue weighted by Gasteiger charge is 2.07. The Kier molecular flexibility index (Phi) is 1.94. The summed E-state index contributed by atoms with van der Waals surface area (Å²) in [5.74, 6) is 0. The Hall–Kier alpha value is -1.49. The van der Waals surface area contributed by atoms with E-state index in [-0.39, 0.29) is 5.56 Å². The van der Waals surface area contributed by atoms with E-state index >= 15 is 0 Å². The summed E-state index contributed by atoms with van der Waals surface area (Å²) < 4.78 is 4.11. The Morgan fingerprint density at radius 2 is 2.38 bits per heavy atom. The van der Waals surface area contributed by atoms with Crippen molar-refractivity contribution in [2.75, 3.05) is 0 Å². The van der Waals surface area contributed by atoms with Crippen molar-refractivity contribution >= 4 is 11.5 Å². The third-order valence-corrected chi connectivity index (χ3v) is 2.33. The van der Waals surface area contributed by atoms with Crippen molar-refractivity contribution in [3.05, 3.63) is 33.7 Å². The van der Waals surface area contributed by atoms with Gasteiger partial charge in [0.25, 0.3) is 5.56 Å². The predicted octanol–water partition coefficient (Wildman–Crippen LogP) is 1.20.